The number of hydrogen-bond acceptors (Lipinski definition) is 3. The largest absolute Gasteiger partial charge is 0.389 e. The maximum Gasteiger partial charge on any atom is 0.107 e. The molecular weight excluding hydrogens is 202 g/mol. The summed E-state index contributed by atoms with van der Waals surface area (Å²) in [7, 11) is 1.75. The Balaban J connectivity index is 3.03. The quantitative estimate of drug-likeness (QED) is 0.719. The van der Waals surface area contributed by atoms with Crippen LogP contribution in [0.2, 0.25) is 0 Å². The second-order valence-electron chi connectivity index (χ2n) is 4.38. The third-order valence-corrected chi connectivity index (χ3v) is 2.81. The summed E-state index contributed by atoms with van der Waals surface area (Å²) in [5.41, 5.74) is 4.07. The molecule has 0 saturated heterocycles. The van der Waals surface area contributed by atoms with E-state index in [9.17, 15) is 10.2 Å². The van der Waals surface area contributed by atoms with Crippen molar-refractivity contribution in [3.63, 3.8) is 0 Å². The van der Waals surface area contributed by atoms with Crippen LogP contribution in [0.5, 0.6) is 0 Å². The Kier molecular flexibility index (Phi) is 4.47. The Hall–Kier alpha value is -0.900. The number of benzene rings is 1. The smallest absolute Gasteiger partial charge is 0.107 e. The molecule has 1 aromatic carbocycles. The first-order valence-corrected chi connectivity index (χ1v) is 5.55. The average molecular weight is 223 g/mol. The van der Waals surface area contributed by atoms with E-state index in [1.165, 1.54) is 5.56 Å². The van der Waals surface area contributed by atoms with Crippen LogP contribution in [0.15, 0.2) is 12.1 Å². The first-order valence-electron chi connectivity index (χ1n) is 5.55. The van der Waals surface area contributed by atoms with Crippen molar-refractivity contribution in [3.8, 4) is 0 Å². The molecule has 3 nitrogen and oxygen atoms in total. The van der Waals surface area contributed by atoms with Gasteiger partial charge in [0, 0.05) is 6.54 Å². The number of aryl methyl sites for hydroxylation is 3. The lowest BCUT2D eigenvalue weighted by molar-refractivity contribution is 0.0195. The second-order valence-corrected chi connectivity index (χ2v) is 4.38. The zero-order chi connectivity index (χ0) is 12.3. The van der Waals surface area contributed by atoms with E-state index >= 15 is 0 Å². The van der Waals surface area contributed by atoms with E-state index in [0.717, 1.165) is 16.7 Å². The molecule has 0 amide bonds. The third kappa shape index (κ3) is 2.82. The van der Waals surface area contributed by atoms with Gasteiger partial charge < -0.3 is 15.5 Å². The monoisotopic (exact) mass is 223 g/mol. The Morgan fingerprint density at radius 3 is 2.06 bits per heavy atom. The molecule has 1 rings (SSSR count). The lowest BCUT2D eigenvalue weighted by atomic mass is 9.93. The molecule has 3 N–H and O–H groups in total. The van der Waals surface area contributed by atoms with Crippen LogP contribution >= 0.6 is 0 Å². The first kappa shape index (κ1) is 13.2. The zero-order valence-corrected chi connectivity index (χ0v) is 10.4. The molecule has 16 heavy (non-hydrogen) atoms. The fourth-order valence-corrected chi connectivity index (χ4v) is 2.17. The molecule has 0 aliphatic heterocycles. The van der Waals surface area contributed by atoms with Crippen LogP contribution in [0.1, 0.15) is 28.4 Å². The molecule has 0 saturated carbocycles. The van der Waals surface area contributed by atoms with Gasteiger partial charge in [-0.05, 0) is 44.5 Å². The van der Waals surface area contributed by atoms with Gasteiger partial charge in [0.05, 0.1) is 6.10 Å². The van der Waals surface area contributed by atoms with Crippen molar-refractivity contribution in [2.75, 3.05) is 13.6 Å². The SMILES string of the molecule is CNCC(O)C(O)c1c(C)cc(C)cc1C. The van der Waals surface area contributed by atoms with Crippen molar-refractivity contribution < 1.29 is 10.2 Å². The fourth-order valence-electron chi connectivity index (χ4n) is 2.17. The molecule has 0 spiro atoms. The maximum atomic E-state index is 10.1. The van der Waals surface area contributed by atoms with E-state index in [4.69, 9.17) is 0 Å². The highest BCUT2D eigenvalue weighted by Crippen LogP contribution is 2.25. The molecule has 2 unspecified atom stereocenters. The molecule has 0 heterocycles. The Morgan fingerprint density at radius 2 is 1.62 bits per heavy atom. The second kappa shape index (κ2) is 5.43. The van der Waals surface area contributed by atoms with Gasteiger partial charge in [-0.2, -0.15) is 0 Å². The van der Waals surface area contributed by atoms with Gasteiger partial charge in [-0.25, -0.2) is 0 Å². The molecule has 0 aromatic heterocycles. The van der Waals surface area contributed by atoms with Gasteiger partial charge in [-0.1, -0.05) is 17.7 Å². The van der Waals surface area contributed by atoms with Crippen molar-refractivity contribution in [2.45, 2.75) is 33.0 Å². The molecule has 3 heteroatoms. The lowest BCUT2D eigenvalue weighted by Crippen LogP contribution is -2.30. The molecule has 1 aromatic rings. The number of nitrogens with one attached hydrogen (secondary N) is 1. The highest BCUT2D eigenvalue weighted by atomic mass is 16.3. The van der Waals surface area contributed by atoms with Gasteiger partial charge in [0.25, 0.3) is 0 Å². The van der Waals surface area contributed by atoms with Gasteiger partial charge in [0.15, 0.2) is 0 Å². The minimum absolute atomic E-state index is 0.383. The number of aliphatic hydroxyl groups excluding tert-OH is 2. The molecule has 0 fully saturated rings. The number of rotatable bonds is 4. The summed E-state index contributed by atoms with van der Waals surface area (Å²) in [4.78, 5) is 0. The summed E-state index contributed by atoms with van der Waals surface area (Å²) >= 11 is 0. The van der Waals surface area contributed by atoms with E-state index < -0.39 is 12.2 Å². The van der Waals surface area contributed by atoms with Crippen molar-refractivity contribution in [2.24, 2.45) is 0 Å². The summed E-state index contributed by atoms with van der Waals surface area (Å²) in [6.45, 7) is 6.34. The minimum atomic E-state index is -0.826. The van der Waals surface area contributed by atoms with E-state index in [1.54, 1.807) is 7.05 Å². The van der Waals surface area contributed by atoms with Crippen LogP contribution in [0.3, 0.4) is 0 Å². The molecule has 0 bridgehead atoms. The van der Waals surface area contributed by atoms with Gasteiger partial charge in [0.2, 0.25) is 0 Å². The van der Waals surface area contributed by atoms with Crippen molar-refractivity contribution in [1.29, 1.82) is 0 Å². The van der Waals surface area contributed by atoms with Gasteiger partial charge in [-0.15, -0.1) is 0 Å². The summed E-state index contributed by atoms with van der Waals surface area (Å²) in [5.74, 6) is 0. The Morgan fingerprint density at radius 1 is 1.12 bits per heavy atom. The fraction of sp³-hybridized carbons (Fsp3) is 0.538. The van der Waals surface area contributed by atoms with Crippen LogP contribution in [-0.4, -0.2) is 29.9 Å². The summed E-state index contributed by atoms with van der Waals surface area (Å²) < 4.78 is 0. The number of likely N-dealkylation sites (N-methyl/N-ethyl adjacent to an activating group) is 1. The predicted octanol–water partition coefficient (Wildman–Crippen LogP) is 1.23. The molecule has 0 aliphatic rings. The maximum absolute atomic E-state index is 10.1. The van der Waals surface area contributed by atoms with Crippen LogP contribution in [0.25, 0.3) is 0 Å². The number of hydrogen-bond donors (Lipinski definition) is 3. The average Bonchev–Trinajstić information content (AvgIpc) is 2.16. The van der Waals surface area contributed by atoms with Gasteiger partial charge in [-0.3, -0.25) is 0 Å². The van der Waals surface area contributed by atoms with Gasteiger partial charge >= 0.3 is 0 Å². The van der Waals surface area contributed by atoms with E-state index in [0.29, 0.717) is 6.54 Å². The van der Waals surface area contributed by atoms with E-state index in [1.807, 2.05) is 32.9 Å². The summed E-state index contributed by atoms with van der Waals surface area (Å²) in [6, 6.07) is 4.05. The molecule has 2 atom stereocenters. The summed E-state index contributed by atoms with van der Waals surface area (Å²) in [6.07, 6.45) is -1.60. The first-order chi connectivity index (χ1) is 7.47. The molecule has 0 aliphatic carbocycles. The molecule has 90 valence electrons. The standard InChI is InChI=1S/C13H21NO2/c1-8-5-9(2)12(10(3)6-8)13(16)11(15)7-14-4/h5-6,11,13-16H,7H2,1-4H3. The Labute approximate surface area is 97.1 Å². The van der Waals surface area contributed by atoms with Crippen molar-refractivity contribution >= 4 is 0 Å². The topological polar surface area (TPSA) is 52.5 Å². The normalized spacial score (nSPS) is 14.9. The third-order valence-electron chi connectivity index (χ3n) is 2.81. The summed E-state index contributed by atoms with van der Waals surface area (Å²) in [5, 5.41) is 22.7. The van der Waals surface area contributed by atoms with Crippen molar-refractivity contribution in [1.82, 2.24) is 5.32 Å². The number of aliphatic hydroxyl groups is 2. The van der Waals surface area contributed by atoms with Crippen LogP contribution < -0.4 is 5.32 Å². The van der Waals surface area contributed by atoms with E-state index in [2.05, 4.69) is 5.32 Å². The van der Waals surface area contributed by atoms with Crippen molar-refractivity contribution in [3.05, 3.63) is 34.4 Å². The zero-order valence-electron chi connectivity index (χ0n) is 10.4. The van der Waals surface area contributed by atoms with Gasteiger partial charge in [0.1, 0.15) is 6.10 Å². The Bertz CT molecular complexity index is 340. The highest BCUT2D eigenvalue weighted by Gasteiger charge is 2.21. The minimum Gasteiger partial charge on any atom is -0.389 e. The predicted molar refractivity (Wildman–Crippen MR) is 65.5 cm³/mol. The lowest BCUT2D eigenvalue weighted by Gasteiger charge is -2.22. The van der Waals surface area contributed by atoms with Crippen LogP contribution in [0, 0.1) is 20.8 Å². The van der Waals surface area contributed by atoms with Crippen LogP contribution in [0.4, 0.5) is 0 Å². The van der Waals surface area contributed by atoms with Crippen LogP contribution in [-0.2, 0) is 0 Å². The molecule has 0 radical (unpaired) electrons. The van der Waals surface area contributed by atoms with E-state index in [-0.39, 0.29) is 0 Å². The highest BCUT2D eigenvalue weighted by molar-refractivity contribution is 5.39. The molecular formula is C13H21NO2.